The van der Waals surface area contributed by atoms with Crippen molar-refractivity contribution in [2.75, 3.05) is 0 Å². The maximum Gasteiger partial charge on any atom is 0.196 e. The average molecular weight is 688 g/mol. The third kappa shape index (κ3) is 5.56. The summed E-state index contributed by atoms with van der Waals surface area (Å²) in [5.74, 6) is 0. The molecule has 0 aromatic heterocycles. The van der Waals surface area contributed by atoms with Gasteiger partial charge in [-0.1, -0.05) is 243 Å². The lowest BCUT2D eigenvalue weighted by Crippen LogP contribution is -2.98. The van der Waals surface area contributed by atoms with E-state index in [0.29, 0.717) is 0 Å². The van der Waals surface area contributed by atoms with Gasteiger partial charge in [0, 0.05) is 0 Å². The van der Waals surface area contributed by atoms with Crippen LogP contribution in [0.15, 0.2) is 212 Å². The Balaban J connectivity index is 1.79. The molecule has 0 saturated carbocycles. The van der Waals surface area contributed by atoms with Crippen molar-refractivity contribution < 1.29 is 0 Å². The second-order valence-electron chi connectivity index (χ2n) is 11.8. The van der Waals surface area contributed by atoms with Crippen molar-refractivity contribution in [1.82, 2.24) is 0 Å². The molecule has 0 aliphatic carbocycles. The predicted molar refractivity (Wildman–Crippen MR) is 211 cm³/mol. The van der Waals surface area contributed by atoms with Crippen molar-refractivity contribution in [3.63, 3.8) is 0 Å². The van der Waals surface area contributed by atoms with Gasteiger partial charge in [-0.2, -0.15) is 11.1 Å². The Morgan fingerprint density at radius 1 is 0.277 bits per heavy atom. The summed E-state index contributed by atoms with van der Waals surface area (Å²) in [7, 11) is -9.38. The molecule has 0 fully saturated rings. The van der Waals surface area contributed by atoms with Crippen LogP contribution in [-0.4, -0.2) is 30.2 Å². The molecule has 0 unspecified atom stereocenters. The number of hydrogen-bond acceptors (Lipinski definition) is 0. The van der Waals surface area contributed by atoms with Crippen LogP contribution in [0, 0.1) is 0 Å². The van der Waals surface area contributed by atoms with E-state index >= 15 is 0 Å². The summed E-state index contributed by atoms with van der Waals surface area (Å²) in [6.45, 7) is 0. The predicted octanol–water partition coefficient (Wildman–Crippen LogP) is 5.19. The van der Waals surface area contributed by atoms with Gasteiger partial charge in [-0.25, -0.2) is 0 Å². The fourth-order valence-electron chi connectivity index (χ4n) is 7.46. The molecule has 0 aliphatic heterocycles. The molecule has 7 aromatic carbocycles. The van der Waals surface area contributed by atoms with E-state index in [1.54, 1.807) is 0 Å². The summed E-state index contributed by atoms with van der Waals surface area (Å²) in [5.41, 5.74) is 0. The molecule has 0 spiro atoms. The number of rotatable bonds is 10. The molecule has 0 aliphatic rings. The normalized spacial score (nSPS) is 11.9. The molecule has 2 radical (unpaired) electrons. The van der Waals surface area contributed by atoms with Gasteiger partial charge in [-0.05, 0) is 5.19 Å². The third-order valence-corrected chi connectivity index (χ3v) is 54.5. The first-order valence-electron chi connectivity index (χ1n) is 16.1. The van der Waals surface area contributed by atoms with Gasteiger partial charge in [0.15, 0.2) is 7.62 Å². The van der Waals surface area contributed by atoms with E-state index in [1.165, 1.54) is 36.3 Å². The molecule has 226 valence electrons. The van der Waals surface area contributed by atoms with E-state index in [9.17, 15) is 0 Å². The van der Waals surface area contributed by atoms with Crippen LogP contribution in [0.4, 0.5) is 0 Å². The van der Waals surface area contributed by atoms with Crippen LogP contribution in [0.1, 0.15) is 0 Å². The molecule has 7 rings (SSSR count). The van der Waals surface area contributed by atoms with Gasteiger partial charge >= 0.3 is 0 Å². The summed E-state index contributed by atoms with van der Waals surface area (Å²) in [6.07, 6.45) is 0. The molecule has 0 saturated heterocycles. The van der Waals surface area contributed by atoms with E-state index in [2.05, 4.69) is 212 Å². The summed E-state index contributed by atoms with van der Waals surface area (Å²) in [6, 6.07) is 80.0. The van der Waals surface area contributed by atoms with Crippen LogP contribution in [0.5, 0.6) is 0 Å². The van der Waals surface area contributed by atoms with Crippen LogP contribution in [0.3, 0.4) is 0 Å². The monoisotopic (exact) mass is 686 g/mol. The van der Waals surface area contributed by atoms with Crippen molar-refractivity contribution in [3.8, 4) is 0 Å². The highest BCUT2D eigenvalue weighted by Crippen LogP contribution is 2.28. The molecule has 7 aromatic rings. The minimum Gasteiger partial charge on any atom is -0.166 e. The highest BCUT2D eigenvalue weighted by molar-refractivity contribution is 7.96. The second kappa shape index (κ2) is 14.2. The molecule has 0 bridgehead atoms. The second-order valence-corrected chi connectivity index (χ2v) is 37.3. The minimum absolute atomic E-state index is 1.28. The lowest BCUT2D eigenvalue weighted by atomic mass is 10.4. The standard InChI is InChI=1S/C42H35ClSi4/c43-45(38-26-12-3-13-27-38)47(41-32-18-6-19-33-41,42-34-20-7-21-35-42)46(39-28-14-4-15-29-39,40-30-16-5-17-31-40)44(36-22-8-1-9-23-36)37-24-10-2-11-25-37/h1-35H. The van der Waals surface area contributed by atoms with Crippen molar-refractivity contribution in [2.45, 2.75) is 0 Å². The highest BCUT2D eigenvalue weighted by Gasteiger charge is 2.68. The summed E-state index contributed by atoms with van der Waals surface area (Å²) in [5, 5.41) is 9.93. The molecular weight excluding hydrogens is 652 g/mol. The van der Waals surface area contributed by atoms with Gasteiger partial charge in [-0.15, -0.1) is 0 Å². The largest absolute Gasteiger partial charge is 0.196 e. The molecule has 0 atom stereocenters. The Morgan fingerprint density at radius 2 is 0.511 bits per heavy atom. The lowest BCUT2D eigenvalue weighted by Gasteiger charge is -2.54. The van der Waals surface area contributed by atoms with Crippen LogP contribution in [0.2, 0.25) is 0 Å². The molecule has 0 heterocycles. The average Bonchev–Trinajstić information content (AvgIpc) is 3.17. The van der Waals surface area contributed by atoms with Gasteiger partial charge < -0.3 is 0 Å². The first-order chi connectivity index (χ1) is 23.3. The van der Waals surface area contributed by atoms with Crippen molar-refractivity contribution >= 4 is 77.5 Å². The number of halogens is 1. The Morgan fingerprint density at radius 3 is 0.809 bits per heavy atom. The first-order valence-corrected chi connectivity index (χ1v) is 27.1. The lowest BCUT2D eigenvalue weighted by molar-refractivity contribution is 1.70. The Kier molecular flexibility index (Phi) is 9.47. The van der Waals surface area contributed by atoms with Crippen molar-refractivity contribution in [1.29, 1.82) is 0 Å². The van der Waals surface area contributed by atoms with Crippen LogP contribution < -0.4 is 36.3 Å². The highest BCUT2D eigenvalue weighted by atomic mass is 35.6. The fourth-order valence-corrected chi connectivity index (χ4v) is 68.0. The zero-order valence-electron chi connectivity index (χ0n) is 26.1. The van der Waals surface area contributed by atoms with Crippen LogP contribution >= 0.6 is 11.1 Å². The first kappa shape index (κ1) is 31.3. The molecule has 47 heavy (non-hydrogen) atoms. The number of benzene rings is 7. The van der Waals surface area contributed by atoms with E-state index in [1.807, 2.05) is 0 Å². The molecular formula is C42H35ClSi4. The molecule has 0 amide bonds. The maximum absolute atomic E-state index is 8.52. The minimum atomic E-state index is -3.03. The van der Waals surface area contributed by atoms with Gasteiger partial charge in [0.05, 0.1) is 0 Å². The molecule has 0 nitrogen and oxygen atoms in total. The topological polar surface area (TPSA) is 0 Å². The summed E-state index contributed by atoms with van der Waals surface area (Å²) >= 11 is 8.52. The molecule has 0 N–H and O–H groups in total. The molecule has 5 heteroatoms. The van der Waals surface area contributed by atoms with E-state index in [0.717, 1.165) is 0 Å². The zero-order valence-corrected chi connectivity index (χ0v) is 30.8. The quantitative estimate of drug-likeness (QED) is 0.137. The Labute approximate surface area is 288 Å². The smallest absolute Gasteiger partial charge is 0.166 e. The number of hydrogen-bond donors (Lipinski definition) is 0. The zero-order chi connectivity index (χ0) is 31.9. The van der Waals surface area contributed by atoms with Gasteiger partial charge in [0.1, 0.15) is 22.5 Å². The van der Waals surface area contributed by atoms with Crippen molar-refractivity contribution in [2.24, 2.45) is 0 Å². The van der Waals surface area contributed by atoms with Gasteiger partial charge in [-0.3, -0.25) is 0 Å². The van der Waals surface area contributed by atoms with Crippen LogP contribution in [0.25, 0.3) is 0 Å². The SMILES string of the molecule is Cl[Si](c1ccccc1)[Si](c1ccccc1)(c1ccccc1)[Si](c1ccccc1)(c1ccccc1)[Si](c1ccccc1)c1ccccc1. The maximum atomic E-state index is 8.52. The Bertz CT molecular complexity index is 1860. The van der Waals surface area contributed by atoms with Crippen molar-refractivity contribution in [3.05, 3.63) is 212 Å². The summed E-state index contributed by atoms with van der Waals surface area (Å²) in [4.78, 5) is 0. The van der Waals surface area contributed by atoms with Crippen LogP contribution in [-0.2, 0) is 0 Å². The summed E-state index contributed by atoms with van der Waals surface area (Å²) < 4.78 is 0. The third-order valence-electron chi connectivity index (χ3n) is 9.25. The Hall–Kier alpha value is -4.30. The van der Waals surface area contributed by atoms with Gasteiger partial charge in [0.2, 0.25) is 0 Å². The fraction of sp³-hybridized carbons (Fsp3) is 0. The van der Waals surface area contributed by atoms with E-state index in [-0.39, 0.29) is 0 Å². The van der Waals surface area contributed by atoms with E-state index in [4.69, 9.17) is 11.1 Å². The van der Waals surface area contributed by atoms with Gasteiger partial charge in [0.25, 0.3) is 0 Å². The van der Waals surface area contributed by atoms with E-state index < -0.39 is 30.2 Å².